The third-order valence-electron chi connectivity index (χ3n) is 4.04. The van der Waals surface area contributed by atoms with E-state index < -0.39 is 4.33 Å². The topological polar surface area (TPSA) is 55.6 Å². The Morgan fingerprint density at radius 2 is 1.95 bits per heavy atom. The van der Waals surface area contributed by atoms with Gasteiger partial charge in [0.2, 0.25) is 0 Å². The normalized spacial score (nSPS) is 23.0. The smallest absolute Gasteiger partial charge is 0.182 e. The zero-order chi connectivity index (χ0) is 14.4. The average Bonchev–Trinajstić information content (AvgIpc) is 3.36. The number of hydrogen-bond acceptors (Lipinski definition) is 4. The minimum Gasteiger partial charge on any atom is -0.385 e. The Morgan fingerprint density at radius 3 is 2.57 bits per heavy atom. The van der Waals surface area contributed by atoms with Crippen LogP contribution >= 0.6 is 23.2 Å². The Labute approximate surface area is 132 Å². The lowest BCUT2D eigenvalue weighted by atomic mass is 10.2. The van der Waals surface area contributed by atoms with Crippen LogP contribution in [0, 0.1) is 5.92 Å². The monoisotopic (exact) mass is 323 g/mol. The second-order valence-corrected chi connectivity index (χ2v) is 7.34. The average molecular weight is 324 g/mol. The molecule has 0 unspecified atom stereocenters. The van der Waals surface area contributed by atoms with Gasteiger partial charge in [-0.15, -0.1) is 28.3 Å². The molecule has 2 saturated carbocycles. The highest BCUT2D eigenvalue weighted by molar-refractivity contribution is 6.50. The molecule has 1 atom stereocenters. The number of rotatable bonds is 5. The first-order chi connectivity index (χ1) is 10.1. The van der Waals surface area contributed by atoms with E-state index in [2.05, 4.69) is 20.8 Å². The molecule has 0 aliphatic heterocycles. The summed E-state index contributed by atoms with van der Waals surface area (Å²) in [5, 5.41) is 15.3. The van der Waals surface area contributed by atoms with Crippen molar-refractivity contribution in [1.82, 2.24) is 20.2 Å². The van der Waals surface area contributed by atoms with Gasteiger partial charge in [-0.05, 0) is 54.0 Å². The van der Waals surface area contributed by atoms with Crippen LogP contribution in [-0.2, 0) is 0 Å². The Bertz CT molecular complexity index is 648. The highest BCUT2D eigenvalue weighted by Gasteiger charge is 2.51. The van der Waals surface area contributed by atoms with Gasteiger partial charge in [0.15, 0.2) is 5.82 Å². The molecule has 1 heterocycles. The van der Waals surface area contributed by atoms with Crippen molar-refractivity contribution >= 4 is 28.9 Å². The van der Waals surface area contributed by atoms with Crippen LogP contribution in [0.25, 0.3) is 11.4 Å². The van der Waals surface area contributed by atoms with Gasteiger partial charge in [-0.2, -0.15) is 0 Å². The first kappa shape index (κ1) is 13.3. The first-order valence-electron chi connectivity index (χ1n) is 7.13. The molecule has 0 amide bonds. The number of nitrogens with zero attached hydrogens (tertiary/aromatic N) is 4. The van der Waals surface area contributed by atoms with Crippen LogP contribution in [-0.4, -0.2) is 31.1 Å². The first-order valence-corrected chi connectivity index (χ1v) is 7.89. The van der Waals surface area contributed by atoms with Crippen LogP contribution < -0.4 is 5.32 Å². The van der Waals surface area contributed by atoms with Crippen LogP contribution in [0.2, 0.25) is 0 Å². The summed E-state index contributed by atoms with van der Waals surface area (Å²) in [7, 11) is 0. The van der Waals surface area contributed by atoms with Gasteiger partial charge in [0.25, 0.3) is 0 Å². The fourth-order valence-electron chi connectivity index (χ4n) is 2.42. The van der Waals surface area contributed by atoms with E-state index in [0.29, 0.717) is 12.0 Å². The number of anilines is 1. The van der Waals surface area contributed by atoms with Gasteiger partial charge < -0.3 is 5.32 Å². The summed E-state index contributed by atoms with van der Waals surface area (Å²) in [6.45, 7) is 0.798. The maximum atomic E-state index is 6.02. The van der Waals surface area contributed by atoms with Gasteiger partial charge in [0.1, 0.15) is 4.33 Å². The van der Waals surface area contributed by atoms with Gasteiger partial charge in [0.05, 0.1) is 6.04 Å². The van der Waals surface area contributed by atoms with Crippen LogP contribution in [0.3, 0.4) is 0 Å². The molecule has 0 saturated heterocycles. The fourth-order valence-corrected chi connectivity index (χ4v) is 2.94. The standard InChI is InChI=1S/C14H15Cl2N5/c15-14(16)7-10(14)8-17-11-3-1-9(2-4-11)13-18-19-20-21(13)12-5-6-12/h1-4,10,12,17H,5-8H2/t10-/m0/s1. The van der Waals surface area contributed by atoms with Crippen molar-refractivity contribution in [3.8, 4) is 11.4 Å². The molecule has 5 nitrogen and oxygen atoms in total. The lowest BCUT2D eigenvalue weighted by Crippen LogP contribution is -2.07. The van der Waals surface area contributed by atoms with Crippen LogP contribution in [0.5, 0.6) is 0 Å². The minimum absolute atomic E-state index is 0.336. The van der Waals surface area contributed by atoms with Crippen molar-refractivity contribution < 1.29 is 0 Å². The van der Waals surface area contributed by atoms with E-state index >= 15 is 0 Å². The fraction of sp³-hybridized carbons (Fsp3) is 0.500. The number of nitrogens with one attached hydrogen (secondary N) is 1. The van der Waals surface area contributed by atoms with Crippen molar-refractivity contribution in [2.24, 2.45) is 5.92 Å². The number of alkyl halides is 2. The molecular weight excluding hydrogens is 309 g/mol. The number of tetrazole rings is 1. The molecule has 0 bridgehead atoms. The number of halogens is 2. The van der Waals surface area contributed by atoms with Crippen molar-refractivity contribution in [1.29, 1.82) is 0 Å². The zero-order valence-electron chi connectivity index (χ0n) is 11.3. The van der Waals surface area contributed by atoms with E-state index in [1.807, 2.05) is 28.9 Å². The van der Waals surface area contributed by atoms with Gasteiger partial charge >= 0.3 is 0 Å². The van der Waals surface area contributed by atoms with E-state index in [1.165, 1.54) is 0 Å². The molecule has 0 radical (unpaired) electrons. The van der Waals surface area contributed by atoms with Gasteiger partial charge in [-0.1, -0.05) is 0 Å². The predicted octanol–water partition coefficient (Wildman–Crippen LogP) is 3.28. The van der Waals surface area contributed by atoms with Gasteiger partial charge in [-0.3, -0.25) is 0 Å². The molecule has 2 aliphatic carbocycles. The summed E-state index contributed by atoms with van der Waals surface area (Å²) in [5.41, 5.74) is 2.09. The SMILES string of the molecule is ClC1(Cl)C[C@H]1CNc1ccc(-c2nnnn2C2CC2)cc1. The molecule has 2 aromatic rings. The van der Waals surface area contributed by atoms with Gasteiger partial charge in [0, 0.05) is 23.7 Å². The highest BCUT2D eigenvalue weighted by atomic mass is 35.5. The van der Waals surface area contributed by atoms with E-state index in [4.69, 9.17) is 23.2 Å². The Hall–Kier alpha value is -1.33. The van der Waals surface area contributed by atoms with E-state index in [-0.39, 0.29) is 0 Å². The molecule has 1 N–H and O–H groups in total. The van der Waals surface area contributed by atoms with Crippen molar-refractivity contribution in [2.45, 2.75) is 29.6 Å². The summed E-state index contributed by atoms with van der Waals surface area (Å²) < 4.78 is 1.39. The molecule has 1 aromatic carbocycles. The lowest BCUT2D eigenvalue weighted by molar-refractivity contribution is 0.615. The van der Waals surface area contributed by atoms with Crippen LogP contribution in [0.1, 0.15) is 25.3 Å². The third kappa shape index (κ3) is 2.72. The quantitative estimate of drug-likeness (QED) is 0.858. The third-order valence-corrected chi connectivity index (χ3v) is 4.96. The number of benzene rings is 1. The molecule has 0 spiro atoms. The second-order valence-electron chi connectivity index (χ2n) is 5.80. The summed E-state index contributed by atoms with van der Waals surface area (Å²) in [6, 6.07) is 8.62. The van der Waals surface area contributed by atoms with Crippen molar-refractivity contribution in [2.75, 3.05) is 11.9 Å². The summed E-state index contributed by atoms with van der Waals surface area (Å²) in [4.78, 5) is 0. The molecule has 21 heavy (non-hydrogen) atoms. The largest absolute Gasteiger partial charge is 0.385 e. The van der Waals surface area contributed by atoms with Crippen LogP contribution in [0.15, 0.2) is 24.3 Å². The maximum Gasteiger partial charge on any atom is 0.182 e. The zero-order valence-corrected chi connectivity index (χ0v) is 12.8. The molecular formula is C14H15Cl2N5. The molecule has 4 rings (SSSR count). The lowest BCUT2D eigenvalue weighted by Gasteiger charge is -2.07. The summed E-state index contributed by atoms with van der Waals surface area (Å²) in [6.07, 6.45) is 3.19. The predicted molar refractivity (Wildman–Crippen MR) is 82.6 cm³/mol. The molecule has 2 aliphatic rings. The van der Waals surface area contributed by atoms with Crippen LogP contribution in [0.4, 0.5) is 5.69 Å². The summed E-state index contributed by atoms with van der Waals surface area (Å²) in [5.74, 6) is 1.18. The second kappa shape index (κ2) is 4.85. The van der Waals surface area contributed by atoms with Crippen molar-refractivity contribution in [3.63, 3.8) is 0 Å². The highest BCUT2D eigenvalue weighted by Crippen LogP contribution is 2.52. The maximum absolute atomic E-state index is 6.02. The summed E-state index contributed by atoms with van der Waals surface area (Å²) >= 11 is 12.0. The van der Waals surface area contributed by atoms with Gasteiger partial charge in [-0.25, -0.2) is 4.68 Å². The Balaban J connectivity index is 1.44. The molecule has 110 valence electrons. The van der Waals surface area contributed by atoms with E-state index in [1.54, 1.807) is 0 Å². The minimum atomic E-state index is -0.528. The van der Waals surface area contributed by atoms with E-state index in [9.17, 15) is 0 Å². The van der Waals surface area contributed by atoms with E-state index in [0.717, 1.165) is 42.9 Å². The number of hydrogen-bond donors (Lipinski definition) is 1. The Morgan fingerprint density at radius 1 is 1.24 bits per heavy atom. The molecule has 2 fully saturated rings. The molecule has 1 aromatic heterocycles. The molecule has 7 heteroatoms. The number of aromatic nitrogens is 4. The Kier molecular flexibility index (Phi) is 3.08. The van der Waals surface area contributed by atoms with Crippen molar-refractivity contribution in [3.05, 3.63) is 24.3 Å².